The van der Waals surface area contributed by atoms with Crippen LogP contribution in [0.5, 0.6) is 11.5 Å². The van der Waals surface area contributed by atoms with E-state index in [1.165, 1.54) is 73.9 Å². The number of halogens is 3. The zero-order valence-electron chi connectivity index (χ0n) is 17.0. The van der Waals surface area contributed by atoms with Crippen LogP contribution in [-0.4, -0.2) is 18.4 Å². The van der Waals surface area contributed by atoms with E-state index in [4.69, 9.17) is 9.47 Å². The SMILES string of the molecule is COc1ccc(O)c(/C=C/C2=C(C#N)C(=C(C#N)C#N)OC2(c2ccccc2)C(F)(F)F)c1. The summed E-state index contributed by atoms with van der Waals surface area (Å²) in [6.45, 7) is 0. The molecule has 0 saturated carbocycles. The molecule has 0 aliphatic carbocycles. The molecule has 6 nitrogen and oxygen atoms in total. The molecule has 9 heteroatoms. The van der Waals surface area contributed by atoms with Crippen LogP contribution in [-0.2, 0) is 10.3 Å². The van der Waals surface area contributed by atoms with Crippen LogP contribution in [0.1, 0.15) is 11.1 Å². The Bertz CT molecular complexity index is 1290. The van der Waals surface area contributed by atoms with Crippen molar-refractivity contribution in [2.24, 2.45) is 0 Å². The molecule has 1 aliphatic rings. The summed E-state index contributed by atoms with van der Waals surface area (Å²) in [5.74, 6) is -0.669. The number of hydrogen-bond acceptors (Lipinski definition) is 6. The molecule has 0 spiro atoms. The molecule has 1 heterocycles. The molecule has 0 saturated heterocycles. The Hall–Kier alpha value is -4.68. The van der Waals surface area contributed by atoms with Gasteiger partial charge in [-0.25, -0.2) is 0 Å². The largest absolute Gasteiger partial charge is 0.507 e. The highest BCUT2D eigenvalue weighted by Crippen LogP contribution is 2.56. The van der Waals surface area contributed by atoms with Gasteiger partial charge in [0.15, 0.2) is 11.3 Å². The lowest BCUT2D eigenvalue weighted by Gasteiger charge is -2.33. The molecule has 0 amide bonds. The molecule has 1 atom stereocenters. The second-order valence-electron chi connectivity index (χ2n) is 6.73. The second-order valence-corrected chi connectivity index (χ2v) is 6.73. The van der Waals surface area contributed by atoms with Crippen molar-refractivity contribution in [2.45, 2.75) is 11.8 Å². The Labute approximate surface area is 186 Å². The minimum absolute atomic E-state index is 0.112. The third-order valence-corrected chi connectivity index (χ3v) is 4.94. The smallest absolute Gasteiger partial charge is 0.437 e. The summed E-state index contributed by atoms with van der Waals surface area (Å²) in [7, 11) is 1.38. The minimum Gasteiger partial charge on any atom is -0.507 e. The zero-order chi connectivity index (χ0) is 24.2. The van der Waals surface area contributed by atoms with Gasteiger partial charge < -0.3 is 14.6 Å². The molecule has 0 bridgehead atoms. The lowest BCUT2D eigenvalue weighted by atomic mass is 9.83. The number of hydrogen-bond donors (Lipinski definition) is 1. The van der Waals surface area contributed by atoms with Crippen molar-refractivity contribution in [3.05, 3.63) is 88.2 Å². The number of phenolic OH excluding ortho intramolecular Hbond substituents is 1. The minimum atomic E-state index is -5.09. The summed E-state index contributed by atoms with van der Waals surface area (Å²) >= 11 is 0. The first kappa shape index (κ1) is 23.0. The van der Waals surface area contributed by atoms with Crippen molar-refractivity contribution in [3.8, 4) is 29.7 Å². The number of alkyl halides is 3. The lowest BCUT2D eigenvalue weighted by molar-refractivity contribution is -0.249. The molecular weight excluding hydrogens is 435 g/mol. The molecule has 2 aromatic carbocycles. The van der Waals surface area contributed by atoms with Gasteiger partial charge in [-0.05, 0) is 18.2 Å². The fraction of sp³-hybridized carbons (Fsp3) is 0.125. The monoisotopic (exact) mass is 449 g/mol. The maximum absolute atomic E-state index is 14.7. The van der Waals surface area contributed by atoms with Crippen molar-refractivity contribution in [2.75, 3.05) is 7.11 Å². The fourth-order valence-electron chi connectivity index (χ4n) is 3.40. The summed E-state index contributed by atoms with van der Waals surface area (Å²) < 4.78 is 54.4. The molecular formula is C24H14F3N3O3. The zero-order valence-corrected chi connectivity index (χ0v) is 17.0. The third-order valence-electron chi connectivity index (χ3n) is 4.94. The normalized spacial score (nSPS) is 17.8. The van der Waals surface area contributed by atoms with Crippen LogP contribution in [0.25, 0.3) is 6.08 Å². The van der Waals surface area contributed by atoms with E-state index in [-0.39, 0.29) is 16.9 Å². The highest BCUT2D eigenvalue weighted by molar-refractivity contribution is 5.68. The number of benzene rings is 2. The first-order chi connectivity index (χ1) is 15.7. The molecule has 1 N–H and O–H groups in total. The number of aromatic hydroxyl groups is 1. The molecule has 3 rings (SSSR count). The molecule has 33 heavy (non-hydrogen) atoms. The first-order valence-corrected chi connectivity index (χ1v) is 9.29. The van der Waals surface area contributed by atoms with Crippen LogP contribution < -0.4 is 4.74 Å². The average molecular weight is 449 g/mol. The van der Waals surface area contributed by atoms with Crippen molar-refractivity contribution in [3.63, 3.8) is 0 Å². The Kier molecular flexibility index (Phi) is 6.15. The molecule has 0 radical (unpaired) electrons. The summed E-state index contributed by atoms with van der Waals surface area (Å²) in [5.41, 5.74) is -5.44. The molecule has 164 valence electrons. The number of phenols is 1. The van der Waals surface area contributed by atoms with Crippen molar-refractivity contribution in [1.29, 1.82) is 15.8 Å². The fourth-order valence-corrected chi connectivity index (χ4v) is 3.40. The van der Waals surface area contributed by atoms with Crippen molar-refractivity contribution < 1.29 is 27.8 Å². The molecule has 1 unspecified atom stereocenters. The first-order valence-electron chi connectivity index (χ1n) is 9.29. The van der Waals surface area contributed by atoms with E-state index in [1.54, 1.807) is 6.07 Å². The van der Waals surface area contributed by atoms with E-state index >= 15 is 0 Å². The van der Waals surface area contributed by atoms with Gasteiger partial charge in [0.2, 0.25) is 0 Å². The molecule has 1 aliphatic heterocycles. The molecule has 2 aromatic rings. The number of nitriles is 3. The number of allylic oxidation sites excluding steroid dienone is 2. The predicted octanol–water partition coefficient (Wildman–Crippen LogP) is 5.02. The van der Waals surface area contributed by atoms with Gasteiger partial charge in [-0.1, -0.05) is 42.5 Å². The Balaban J connectivity index is 2.38. The van der Waals surface area contributed by atoms with Crippen LogP contribution in [0.4, 0.5) is 13.2 Å². The van der Waals surface area contributed by atoms with E-state index in [0.29, 0.717) is 5.75 Å². The molecule has 0 fully saturated rings. The topological polar surface area (TPSA) is 110 Å². The van der Waals surface area contributed by atoms with E-state index in [0.717, 1.165) is 6.08 Å². The van der Waals surface area contributed by atoms with E-state index in [9.17, 15) is 34.1 Å². The highest BCUT2D eigenvalue weighted by Gasteiger charge is 2.65. The van der Waals surface area contributed by atoms with Crippen LogP contribution in [0, 0.1) is 34.0 Å². The van der Waals surface area contributed by atoms with Crippen LogP contribution >= 0.6 is 0 Å². The van der Waals surface area contributed by atoms with E-state index in [2.05, 4.69) is 0 Å². The van der Waals surface area contributed by atoms with Crippen molar-refractivity contribution >= 4 is 6.08 Å². The van der Waals surface area contributed by atoms with Gasteiger partial charge in [-0.15, -0.1) is 0 Å². The van der Waals surface area contributed by atoms with E-state index in [1.807, 2.05) is 0 Å². The average Bonchev–Trinajstić information content (AvgIpc) is 3.15. The van der Waals surface area contributed by atoms with Gasteiger partial charge in [0.05, 0.1) is 7.11 Å². The van der Waals surface area contributed by atoms with Crippen molar-refractivity contribution in [1.82, 2.24) is 0 Å². The number of methoxy groups -OCH3 is 1. The standard InChI is InChI=1S/C24H14F3N3O3/c1-32-18-8-10-21(31)15(11-18)7-9-20-19(14-30)22(16(12-28)13-29)33-23(20,24(25,26)27)17-5-3-2-4-6-17/h2-11,31H,1H3/b9-7+. The lowest BCUT2D eigenvalue weighted by Crippen LogP contribution is -2.43. The quantitative estimate of drug-likeness (QED) is 0.656. The summed E-state index contributed by atoms with van der Waals surface area (Å²) in [4.78, 5) is 0. The predicted molar refractivity (Wildman–Crippen MR) is 110 cm³/mol. The van der Waals surface area contributed by atoms with Crippen LogP contribution in [0.3, 0.4) is 0 Å². The van der Waals surface area contributed by atoms with Gasteiger partial charge in [0, 0.05) is 16.7 Å². The summed E-state index contributed by atoms with van der Waals surface area (Å²) in [6, 6.07) is 15.3. The molecule has 0 aromatic heterocycles. The highest BCUT2D eigenvalue weighted by atomic mass is 19.4. The van der Waals surface area contributed by atoms with Gasteiger partial charge in [0.1, 0.15) is 35.3 Å². The van der Waals surface area contributed by atoms with Crippen LogP contribution in [0.2, 0.25) is 0 Å². The third kappa shape index (κ3) is 3.86. The number of nitrogens with zero attached hydrogens (tertiary/aromatic N) is 3. The number of rotatable bonds is 4. The van der Waals surface area contributed by atoms with Gasteiger partial charge in [0.25, 0.3) is 5.60 Å². The van der Waals surface area contributed by atoms with Gasteiger partial charge in [-0.3, -0.25) is 0 Å². The van der Waals surface area contributed by atoms with Crippen LogP contribution in [0.15, 0.2) is 77.1 Å². The Morgan fingerprint density at radius 1 is 1.06 bits per heavy atom. The Morgan fingerprint density at radius 2 is 1.73 bits per heavy atom. The van der Waals surface area contributed by atoms with Gasteiger partial charge >= 0.3 is 6.18 Å². The maximum atomic E-state index is 14.7. The Morgan fingerprint density at radius 3 is 2.27 bits per heavy atom. The summed E-state index contributed by atoms with van der Waals surface area (Å²) in [6.07, 6.45) is -2.95. The maximum Gasteiger partial charge on any atom is 0.437 e. The van der Waals surface area contributed by atoms with E-state index < -0.39 is 34.3 Å². The number of ether oxygens (including phenoxy) is 2. The van der Waals surface area contributed by atoms with Gasteiger partial charge in [-0.2, -0.15) is 29.0 Å². The second kappa shape index (κ2) is 8.82. The summed E-state index contributed by atoms with van der Waals surface area (Å²) in [5, 5.41) is 38.3.